The van der Waals surface area contributed by atoms with Gasteiger partial charge in [0.15, 0.2) is 18.2 Å². The molecule has 23 heteroatoms. The summed E-state index contributed by atoms with van der Waals surface area (Å²) in [6.45, 7) is 8.10. The number of thioether (sulfide) groups is 1. The number of hydrogen-bond acceptors (Lipinski definition) is 15. The summed E-state index contributed by atoms with van der Waals surface area (Å²) in [5, 5.41) is 6.33. The van der Waals surface area contributed by atoms with Crippen molar-refractivity contribution in [1.82, 2.24) is 15.1 Å². The second kappa shape index (κ2) is 23.7. The summed E-state index contributed by atoms with van der Waals surface area (Å²) in [4.78, 5) is 60.0. The molecule has 6 aromatic rings. The van der Waals surface area contributed by atoms with Gasteiger partial charge in [0.25, 0.3) is 37.1 Å². The highest BCUT2D eigenvalue weighted by Gasteiger charge is 2.42. The number of hydrogen-bond donors (Lipinski definition) is 3. The van der Waals surface area contributed by atoms with Gasteiger partial charge in [-0.2, -0.15) is 21.4 Å². The zero-order valence-electron chi connectivity index (χ0n) is 42.5. The number of allylic oxidation sites excluding steroid dienone is 2. The lowest BCUT2D eigenvalue weighted by atomic mass is 10.1. The molecule has 1 fully saturated rings. The molecule has 3 N–H and O–H groups in total. The van der Waals surface area contributed by atoms with Crippen LogP contribution in [-0.2, 0) is 50.6 Å². The topological polar surface area (TPSA) is 234 Å². The van der Waals surface area contributed by atoms with Gasteiger partial charge in [-0.25, -0.2) is 9.69 Å². The number of carbonyl (C=O) groups is 4. The van der Waals surface area contributed by atoms with Gasteiger partial charge in [-0.3, -0.25) is 33.3 Å². The molecule has 19 nitrogen and oxygen atoms in total. The Balaban J connectivity index is 0.855. The molecule has 1 aromatic heterocycles. The molecule has 0 saturated carbocycles. The molecule has 0 radical (unpaired) electrons. The third-order valence-electron chi connectivity index (χ3n) is 12.9. The molecule has 3 aliphatic rings. The standard InChI is InChI=1S/C55H54N6O13S4/c1-4-6-26-59-53(63)42(20-24-49-57(5-2)43-33-40(78(69,70)71)19-21-45(43)74-49)54(64)60(55(59)65)35-48(62)56-25-28-72-29-30-73-36(3)61-44-32-39(37-13-8-7-9-14-37)18-22-46(44)75-51(61)34-50-58(27-12-31-77(66,67)68)52-41-16-11-10-15-38(41)17-23-47(52)76-50/h7-11,13-24,32-34H,3-6,12,25-31,35H2,1-2H3,(H2-,56,62,66,67,68,69,70,71)/p+1. The number of nitrogens with zero attached hydrogens (tertiary/aromatic N) is 5. The molecule has 5 amide bonds. The summed E-state index contributed by atoms with van der Waals surface area (Å²) in [7, 11) is -8.71. The first-order valence-electron chi connectivity index (χ1n) is 24.9. The van der Waals surface area contributed by atoms with Crippen LogP contribution in [0.1, 0.15) is 38.1 Å². The number of ether oxygens (including phenoxy) is 3. The lowest BCUT2D eigenvalue weighted by molar-refractivity contribution is -0.667. The van der Waals surface area contributed by atoms with Gasteiger partial charge < -0.3 is 24.4 Å². The van der Waals surface area contributed by atoms with Crippen LogP contribution in [0.4, 0.5) is 16.2 Å². The van der Waals surface area contributed by atoms with Crippen LogP contribution in [0.2, 0.25) is 0 Å². The second-order valence-corrected chi connectivity index (χ2v) is 23.2. The number of anilines is 2. The number of imide groups is 2. The smallest absolute Gasteiger partial charge is 0.334 e. The first kappa shape index (κ1) is 55.4. The van der Waals surface area contributed by atoms with Gasteiger partial charge in [0.2, 0.25) is 17.3 Å². The summed E-state index contributed by atoms with van der Waals surface area (Å²) in [5.74, 6) is -2.20. The minimum atomic E-state index is -4.52. The highest BCUT2D eigenvalue weighted by molar-refractivity contribution is 8.04. The highest BCUT2D eigenvalue weighted by atomic mass is 32.2. The number of aromatic nitrogens is 1. The van der Waals surface area contributed by atoms with Crippen LogP contribution >= 0.6 is 23.1 Å². The summed E-state index contributed by atoms with van der Waals surface area (Å²) >= 11 is 3.09. The van der Waals surface area contributed by atoms with Crippen LogP contribution in [0.15, 0.2) is 154 Å². The molecular weight excluding hydrogens is 1080 g/mol. The Morgan fingerprint density at radius 1 is 0.821 bits per heavy atom. The SMILES string of the molecule is C=C(OCCOCCNC(=O)CN1C(=O)C(=CC=C2Oc3ccc(S(=O)(=O)O)cc3N2CC)C(=O)N(CCCC)C1=O)N1C(=Cc2sc3ccc4ccccc4c3[n+]2CCCS(=O)(=O)O)Sc2ccc(-c3ccccc3)cc21. The van der Waals surface area contributed by atoms with Gasteiger partial charge in [0.05, 0.1) is 51.7 Å². The average Bonchev–Trinajstić information content (AvgIpc) is 4.13. The minimum absolute atomic E-state index is 0.00174. The molecule has 9 rings (SSSR count). The number of barbiturate groups is 1. The van der Waals surface area contributed by atoms with Crippen LogP contribution in [0.3, 0.4) is 0 Å². The largest absolute Gasteiger partial charge is 0.477 e. The van der Waals surface area contributed by atoms with E-state index < -0.39 is 61.9 Å². The lowest BCUT2D eigenvalue weighted by Crippen LogP contribution is -2.58. The molecule has 0 aliphatic carbocycles. The monoisotopic (exact) mass is 1140 g/mol. The van der Waals surface area contributed by atoms with E-state index in [1.807, 2.05) is 78.6 Å². The number of amides is 5. The van der Waals surface area contributed by atoms with Crippen LogP contribution in [0, 0.1) is 0 Å². The van der Waals surface area contributed by atoms with E-state index in [0.29, 0.717) is 35.9 Å². The molecule has 3 aliphatic heterocycles. The zero-order valence-corrected chi connectivity index (χ0v) is 45.8. The van der Waals surface area contributed by atoms with Gasteiger partial charge in [-0.1, -0.05) is 97.1 Å². The quantitative estimate of drug-likeness (QED) is 0.0145. The van der Waals surface area contributed by atoms with Gasteiger partial charge >= 0.3 is 6.03 Å². The van der Waals surface area contributed by atoms with E-state index in [1.165, 1.54) is 42.1 Å². The van der Waals surface area contributed by atoms with Crippen molar-refractivity contribution in [2.24, 2.45) is 0 Å². The van der Waals surface area contributed by atoms with E-state index in [-0.39, 0.29) is 62.4 Å². The van der Waals surface area contributed by atoms with Gasteiger partial charge in [-0.05, 0) is 91.1 Å². The molecular formula is C55H55N6O13S4+. The van der Waals surface area contributed by atoms with E-state index in [9.17, 15) is 45.1 Å². The maximum atomic E-state index is 13.8. The number of benzene rings is 5. The van der Waals surface area contributed by atoms with Gasteiger partial charge in [0, 0.05) is 31.0 Å². The fourth-order valence-corrected chi connectivity index (χ4v) is 12.4. The summed E-state index contributed by atoms with van der Waals surface area (Å²) in [5.41, 5.74) is 3.72. The predicted molar refractivity (Wildman–Crippen MR) is 297 cm³/mol. The number of fused-ring (bicyclic) bond motifs is 5. The Labute approximate surface area is 459 Å². The number of urea groups is 1. The molecule has 4 heterocycles. The molecule has 0 bridgehead atoms. The van der Waals surface area contributed by atoms with Crippen LogP contribution in [0.25, 0.3) is 38.2 Å². The number of rotatable bonds is 22. The van der Waals surface area contributed by atoms with Crippen LogP contribution in [0.5, 0.6) is 5.75 Å². The van der Waals surface area contributed by atoms with Crippen LogP contribution in [-0.4, -0.2) is 111 Å². The molecule has 1 saturated heterocycles. The summed E-state index contributed by atoms with van der Waals surface area (Å²) in [6, 6.07) is 31.1. The van der Waals surface area contributed by atoms with E-state index in [2.05, 4.69) is 40.7 Å². The van der Waals surface area contributed by atoms with Gasteiger partial charge in [0.1, 0.15) is 23.4 Å². The fourth-order valence-electron chi connectivity index (χ4n) is 9.12. The predicted octanol–water partition coefficient (Wildman–Crippen LogP) is 8.34. The summed E-state index contributed by atoms with van der Waals surface area (Å²) in [6.07, 6.45) is 5.83. The number of unbranched alkanes of at least 4 members (excludes halogenated alkanes) is 1. The number of carbonyl (C=O) groups excluding carboxylic acids is 4. The minimum Gasteiger partial charge on any atom is -0.477 e. The van der Waals surface area contributed by atoms with E-state index in [0.717, 1.165) is 57.6 Å². The van der Waals surface area contributed by atoms with E-state index >= 15 is 0 Å². The summed E-state index contributed by atoms with van der Waals surface area (Å²) < 4.78 is 87.6. The van der Waals surface area contributed by atoms with Crippen molar-refractivity contribution in [1.29, 1.82) is 0 Å². The Hall–Kier alpha value is -7.38. The fraction of sp³-hybridized carbons (Fsp3) is 0.255. The molecule has 0 unspecified atom stereocenters. The maximum absolute atomic E-state index is 13.8. The molecule has 5 aromatic carbocycles. The molecule has 0 spiro atoms. The number of nitrogens with one attached hydrogen (secondary N) is 1. The normalized spacial score (nSPS) is 16.3. The number of thiazole rings is 1. The van der Waals surface area contributed by atoms with Crippen molar-refractivity contribution in [3.8, 4) is 16.9 Å². The first-order chi connectivity index (χ1) is 37.4. The maximum Gasteiger partial charge on any atom is 0.334 e. The van der Waals surface area contributed by atoms with Crippen molar-refractivity contribution in [3.05, 3.63) is 149 Å². The average molecular weight is 1140 g/mol. The number of aryl methyl sites for hydroxylation is 1. The van der Waals surface area contributed by atoms with Crippen LogP contribution < -0.4 is 24.4 Å². The van der Waals surface area contributed by atoms with Crippen molar-refractivity contribution in [3.63, 3.8) is 0 Å². The Morgan fingerprint density at radius 3 is 2.35 bits per heavy atom. The third kappa shape index (κ3) is 12.2. The molecule has 406 valence electrons. The first-order valence-corrected chi connectivity index (χ1v) is 29.6. The van der Waals surface area contributed by atoms with Crippen molar-refractivity contribution in [2.45, 2.75) is 49.4 Å². The van der Waals surface area contributed by atoms with E-state index in [4.69, 9.17) is 14.2 Å². The Bertz CT molecular complexity index is 3690. The van der Waals surface area contributed by atoms with Crippen molar-refractivity contribution >= 4 is 106 Å². The zero-order chi connectivity index (χ0) is 55.3. The Morgan fingerprint density at radius 2 is 1.59 bits per heavy atom. The molecule has 78 heavy (non-hydrogen) atoms. The highest BCUT2D eigenvalue weighted by Crippen LogP contribution is 2.50. The van der Waals surface area contributed by atoms with E-state index in [1.54, 1.807) is 23.2 Å². The lowest BCUT2D eigenvalue weighted by Gasteiger charge is -2.33. The van der Waals surface area contributed by atoms with Crippen molar-refractivity contribution < 1.29 is 63.9 Å². The van der Waals surface area contributed by atoms with Crippen molar-refractivity contribution in [2.75, 3.05) is 61.6 Å². The Kier molecular flexibility index (Phi) is 16.8. The second-order valence-electron chi connectivity index (χ2n) is 18.1. The third-order valence-corrected chi connectivity index (χ3v) is 16.7. The van der Waals surface area contributed by atoms with Gasteiger partial charge in [-0.15, -0.1) is 0 Å². The molecule has 0 atom stereocenters.